The molecule has 5 rings (SSSR count). The van der Waals surface area contributed by atoms with E-state index < -0.39 is 17.7 Å². The van der Waals surface area contributed by atoms with E-state index in [1.54, 1.807) is 47.2 Å². The average molecular weight is 421 g/mol. The number of carbonyl (C=O) groups excluding carboxylic acids is 2. The summed E-state index contributed by atoms with van der Waals surface area (Å²) in [7, 11) is 0. The normalized spacial score (nSPS) is 18.6. The number of hydrogen-bond donors (Lipinski definition) is 3. The Bertz CT molecular complexity index is 1300. The van der Waals surface area contributed by atoms with Crippen molar-refractivity contribution in [3.8, 4) is 0 Å². The Hall–Kier alpha value is -3.69. The summed E-state index contributed by atoms with van der Waals surface area (Å²) in [5, 5.41) is 23.7. The van der Waals surface area contributed by atoms with Crippen molar-refractivity contribution in [1.82, 2.24) is 9.97 Å². The number of thiophene rings is 1. The van der Waals surface area contributed by atoms with Gasteiger partial charge >= 0.3 is 0 Å². The number of H-pyrrole nitrogens is 1. The number of ketones is 1. The van der Waals surface area contributed by atoms with Crippen LogP contribution < -0.4 is 4.90 Å². The maximum absolute atomic E-state index is 13.0. The first kappa shape index (κ1) is 18.3. The molecule has 0 bridgehead atoms. The Kier molecular flexibility index (Phi) is 4.27. The highest BCUT2D eigenvalue weighted by Gasteiger charge is 2.48. The van der Waals surface area contributed by atoms with E-state index in [9.17, 15) is 19.8 Å². The van der Waals surface area contributed by atoms with Gasteiger partial charge in [0.25, 0.3) is 11.7 Å². The number of aliphatic hydroxyl groups is 2. The number of Topliss-reactive ketones (excluding diaryl/α,β-unsaturated/α-hetero) is 1. The fraction of sp³-hybridized carbons (Fsp3) is 0.0952. The maximum Gasteiger partial charge on any atom is 0.300 e. The predicted molar refractivity (Wildman–Crippen MR) is 110 cm³/mol. The first-order valence-corrected chi connectivity index (χ1v) is 9.99. The summed E-state index contributed by atoms with van der Waals surface area (Å²) in [5.74, 6) is -1.31. The van der Waals surface area contributed by atoms with Crippen molar-refractivity contribution in [3.05, 3.63) is 76.1 Å². The first-order valence-electron chi connectivity index (χ1n) is 9.04. The molecular formula is C21H15N3O5S. The number of nitrogens with zero attached hydrogens (tertiary/aromatic N) is 2. The highest BCUT2D eigenvalue weighted by molar-refractivity contribution is 7.08. The van der Waals surface area contributed by atoms with Gasteiger partial charge < -0.3 is 19.6 Å². The zero-order chi connectivity index (χ0) is 20.8. The van der Waals surface area contributed by atoms with Crippen LogP contribution in [0.25, 0.3) is 16.8 Å². The Labute approximate surface area is 173 Å². The zero-order valence-electron chi connectivity index (χ0n) is 15.4. The molecule has 1 atom stereocenters. The molecule has 1 unspecified atom stereocenters. The molecule has 3 N–H and O–H groups in total. The molecule has 30 heavy (non-hydrogen) atoms. The summed E-state index contributed by atoms with van der Waals surface area (Å²) in [6.07, 6.45) is 1.54. The SMILES string of the molecule is O=C1C(=O)N(c2ccc3nc[nH]c3c2)C(c2ccc(CO)o2)C1=C(O)c1ccsc1. The van der Waals surface area contributed by atoms with Crippen molar-refractivity contribution >= 4 is 45.5 Å². The number of amides is 1. The van der Waals surface area contributed by atoms with E-state index in [1.165, 1.54) is 22.6 Å². The van der Waals surface area contributed by atoms with Crippen LogP contribution in [0, 0.1) is 0 Å². The lowest BCUT2D eigenvalue weighted by Gasteiger charge is -2.23. The van der Waals surface area contributed by atoms with Crippen molar-refractivity contribution in [1.29, 1.82) is 0 Å². The fourth-order valence-electron chi connectivity index (χ4n) is 3.62. The average Bonchev–Trinajstić information content (AvgIpc) is 3.54. The highest BCUT2D eigenvalue weighted by Crippen LogP contribution is 2.43. The maximum atomic E-state index is 13.0. The molecule has 9 heteroatoms. The minimum Gasteiger partial charge on any atom is -0.507 e. The lowest BCUT2D eigenvalue weighted by Crippen LogP contribution is -2.29. The summed E-state index contributed by atoms with van der Waals surface area (Å²) in [5.41, 5.74) is 2.24. The predicted octanol–water partition coefficient (Wildman–Crippen LogP) is 3.34. The van der Waals surface area contributed by atoms with E-state index in [2.05, 4.69) is 9.97 Å². The van der Waals surface area contributed by atoms with Gasteiger partial charge in [-0.05, 0) is 41.8 Å². The van der Waals surface area contributed by atoms with Gasteiger partial charge in [0.15, 0.2) is 0 Å². The smallest absolute Gasteiger partial charge is 0.300 e. The minimum atomic E-state index is -0.981. The second-order valence-corrected chi connectivity index (χ2v) is 7.53. The van der Waals surface area contributed by atoms with Crippen LogP contribution in [0.3, 0.4) is 0 Å². The Balaban J connectivity index is 1.72. The monoisotopic (exact) mass is 421 g/mol. The number of rotatable bonds is 4. The van der Waals surface area contributed by atoms with E-state index >= 15 is 0 Å². The molecule has 1 saturated heterocycles. The largest absolute Gasteiger partial charge is 0.507 e. The third kappa shape index (κ3) is 2.75. The van der Waals surface area contributed by atoms with Crippen LogP contribution >= 0.6 is 11.3 Å². The number of imidazole rings is 1. The topological polar surface area (TPSA) is 120 Å². The molecule has 0 spiro atoms. The molecule has 4 aromatic rings. The van der Waals surface area contributed by atoms with Crippen molar-refractivity contribution in [2.45, 2.75) is 12.6 Å². The van der Waals surface area contributed by atoms with Crippen LogP contribution in [0.2, 0.25) is 0 Å². The van der Waals surface area contributed by atoms with Crippen molar-refractivity contribution in [2.24, 2.45) is 0 Å². The molecule has 4 heterocycles. The molecule has 0 aliphatic carbocycles. The molecule has 0 saturated carbocycles. The van der Waals surface area contributed by atoms with E-state index in [0.29, 0.717) is 22.3 Å². The van der Waals surface area contributed by atoms with Crippen LogP contribution in [-0.2, 0) is 16.2 Å². The third-order valence-electron chi connectivity index (χ3n) is 5.03. The first-order chi connectivity index (χ1) is 14.6. The van der Waals surface area contributed by atoms with E-state index in [-0.39, 0.29) is 29.5 Å². The number of anilines is 1. The van der Waals surface area contributed by atoms with E-state index in [0.717, 1.165) is 0 Å². The summed E-state index contributed by atoms with van der Waals surface area (Å²) < 4.78 is 5.68. The van der Waals surface area contributed by atoms with Gasteiger partial charge in [-0.25, -0.2) is 4.98 Å². The van der Waals surface area contributed by atoms with Crippen LogP contribution in [0.4, 0.5) is 5.69 Å². The van der Waals surface area contributed by atoms with E-state index in [4.69, 9.17) is 4.42 Å². The van der Waals surface area contributed by atoms with Gasteiger partial charge in [0, 0.05) is 16.6 Å². The summed E-state index contributed by atoms with van der Waals surface area (Å²) in [4.78, 5) is 34.5. The number of fused-ring (bicyclic) bond motifs is 1. The van der Waals surface area contributed by atoms with Crippen LogP contribution in [0.15, 0.2) is 63.5 Å². The summed E-state index contributed by atoms with van der Waals surface area (Å²) in [6.45, 7) is -0.329. The lowest BCUT2D eigenvalue weighted by molar-refractivity contribution is -0.132. The second-order valence-electron chi connectivity index (χ2n) is 6.75. The number of aromatic nitrogens is 2. The van der Waals surface area contributed by atoms with Crippen LogP contribution in [0.5, 0.6) is 0 Å². The minimum absolute atomic E-state index is 0.0676. The van der Waals surface area contributed by atoms with Crippen molar-refractivity contribution < 1.29 is 24.2 Å². The molecule has 3 aromatic heterocycles. The van der Waals surface area contributed by atoms with Crippen LogP contribution in [0.1, 0.15) is 23.1 Å². The number of aromatic amines is 1. The van der Waals surface area contributed by atoms with Gasteiger partial charge in [-0.1, -0.05) is 0 Å². The number of hydrogen-bond acceptors (Lipinski definition) is 7. The summed E-state index contributed by atoms with van der Waals surface area (Å²) in [6, 6.07) is 8.97. The molecule has 1 aliphatic rings. The number of aliphatic hydroxyl groups excluding tert-OH is 2. The number of carbonyl (C=O) groups is 2. The van der Waals surface area contributed by atoms with Gasteiger partial charge in [-0.3, -0.25) is 14.5 Å². The molecular weight excluding hydrogens is 406 g/mol. The summed E-state index contributed by atoms with van der Waals surface area (Å²) >= 11 is 1.36. The molecule has 1 aromatic carbocycles. The lowest BCUT2D eigenvalue weighted by atomic mass is 10.0. The zero-order valence-corrected chi connectivity index (χ0v) is 16.2. The Morgan fingerprint density at radius 3 is 2.83 bits per heavy atom. The Morgan fingerprint density at radius 1 is 1.23 bits per heavy atom. The van der Waals surface area contributed by atoms with Crippen LogP contribution in [-0.4, -0.2) is 31.9 Å². The molecule has 1 amide bonds. The van der Waals surface area contributed by atoms with Gasteiger partial charge in [0.2, 0.25) is 0 Å². The van der Waals surface area contributed by atoms with E-state index in [1.807, 2.05) is 0 Å². The number of nitrogens with one attached hydrogen (secondary N) is 1. The van der Waals surface area contributed by atoms with Gasteiger partial charge in [-0.15, -0.1) is 0 Å². The number of furan rings is 1. The fourth-order valence-corrected chi connectivity index (χ4v) is 4.26. The molecule has 1 fully saturated rings. The molecule has 1 aliphatic heterocycles. The van der Waals surface area contributed by atoms with Gasteiger partial charge in [0.1, 0.15) is 29.9 Å². The van der Waals surface area contributed by atoms with Gasteiger partial charge in [-0.2, -0.15) is 11.3 Å². The van der Waals surface area contributed by atoms with Crippen molar-refractivity contribution in [3.63, 3.8) is 0 Å². The van der Waals surface area contributed by atoms with Gasteiger partial charge in [0.05, 0.1) is 22.9 Å². The Morgan fingerprint density at radius 2 is 2.10 bits per heavy atom. The molecule has 0 radical (unpaired) electrons. The quantitative estimate of drug-likeness (QED) is 0.264. The number of benzene rings is 1. The standard InChI is InChI=1S/C21H15N3O5S/c25-8-13-2-4-16(29-13)18-17(19(26)11-5-6-30-9-11)20(27)21(28)24(18)12-1-3-14-15(7-12)23-10-22-14/h1-7,9-10,18,25-26H,8H2,(H,22,23). The highest BCUT2D eigenvalue weighted by atomic mass is 32.1. The third-order valence-corrected chi connectivity index (χ3v) is 5.71. The second kappa shape index (κ2) is 6.97. The molecule has 8 nitrogen and oxygen atoms in total. The van der Waals surface area contributed by atoms with Crippen molar-refractivity contribution in [2.75, 3.05) is 4.90 Å². The molecule has 150 valence electrons.